The van der Waals surface area contributed by atoms with Crippen LogP contribution in [0.4, 0.5) is 4.39 Å². The second kappa shape index (κ2) is 6.86. The standard InChI is InChI=1S/C15H24FNO/c1-6-18-15(10(2)3)14(17-5)13-9-12(16)8-7-11(13)4/h7-10,14-15,17H,6H2,1-5H3. The molecule has 2 nitrogen and oxygen atoms in total. The molecule has 0 aromatic heterocycles. The van der Waals surface area contributed by atoms with Crippen LogP contribution in [0.3, 0.4) is 0 Å². The van der Waals surface area contributed by atoms with Crippen molar-refractivity contribution >= 4 is 0 Å². The van der Waals surface area contributed by atoms with Gasteiger partial charge in [-0.25, -0.2) is 4.39 Å². The maximum Gasteiger partial charge on any atom is 0.123 e. The SMILES string of the molecule is CCOC(C(C)C)C(NC)c1cc(F)ccc1C. The maximum absolute atomic E-state index is 13.4. The zero-order valence-corrected chi connectivity index (χ0v) is 12.0. The smallest absolute Gasteiger partial charge is 0.123 e. The number of likely N-dealkylation sites (N-methyl/N-ethyl adjacent to an activating group) is 1. The van der Waals surface area contributed by atoms with Crippen LogP contribution in [0.15, 0.2) is 18.2 Å². The molecular weight excluding hydrogens is 229 g/mol. The van der Waals surface area contributed by atoms with Crippen molar-refractivity contribution in [2.24, 2.45) is 5.92 Å². The van der Waals surface area contributed by atoms with Crippen LogP contribution in [0.2, 0.25) is 0 Å². The summed E-state index contributed by atoms with van der Waals surface area (Å²) in [5, 5.41) is 3.26. The first kappa shape index (κ1) is 15.1. The first-order valence-electron chi connectivity index (χ1n) is 6.56. The van der Waals surface area contributed by atoms with Crippen molar-refractivity contribution in [3.05, 3.63) is 35.1 Å². The normalized spacial score (nSPS) is 14.8. The minimum absolute atomic E-state index is 0.0145. The highest BCUT2D eigenvalue weighted by Crippen LogP contribution is 2.27. The van der Waals surface area contributed by atoms with Crippen molar-refractivity contribution in [2.45, 2.75) is 39.8 Å². The lowest BCUT2D eigenvalue weighted by Gasteiger charge is -2.31. The molecule has 3 heteroatoms. The lowest BCUT2D eigenvalue weighted by Crippen LogP contribution is -2.36. The van der Waals surface area contributed by atoms with Gasteiger partial charge in [-0.2, -0.15) is 0 Å². The van der Waals surface area contributed by atoms with Crippen LogP contribution in [0.1, 0.15) is 37.9 Å². The van der Waals surface area contributed by atoms with Crippen LogP contribution in [0.25, 0.3) is 0 Å². The quantitative estimate of drug-likeness (QED) is 0.838. The van der Waals surface area contributed by atoms with E-state index < -0.39 is 0 Å². The van der Waals surface area contributed by atoms with Gasteiger partial charge >= 0.3 is 0 Å². The number of hydrogen-bond acceptors (Lipinski definition) is 2. The molecule has 1 rings (SSSR count). The predicted octanol–water partition coefficient (Wildman–Crippen LogP) is 3.46. The summed E-state index contributed by atoms with van der Waals surface area (Å²) in [6, 6.07) is 4.93. The summed E-state index contributed by atoms with van der Waals surface area (Å²) in [7, 11) is 1.89. The summed E-state index contributed by atoms with van der Waals surface area (Å²) in [6.45, 7) is 8.90. The lowest BCUT2D eigenvalue weighted by atomic mass is 9.91. The monoisotopic (exact) mass is 253 g/mol. The van der Waals surface area contributed by atoms with Crippen LogP contribution in [-0.4, -0.2) is 19.8 Å². The molecule has 0 heterocycles. The molecule has 2 atom stereocenters. The van der Waals surface area contributed by atoms with E-state index in [4.69, 9.17) is 4.74 Å². The second-order valence-electron chi connectivity index (χ2n) is 4.93. The highest BCUT2D eigenvalue weighted by atomic mass is 19.1. The van der Waals surface area contributed by atoms with Gasteiger partial charge in [0.2, 0.25) is 0 Å². The van der Waals surface area contributed by atoms with E-state index in [9.17, 15) is 4.39 Å². The Balaban J connectivity index is 3.10. The largest absolute Gasteiger partial charge is 0.376 e. The van der Waals surface area contributed by atoms with Gasteiger partial charge in [0.25, 0.3) is 0 Å². The number of halogens is 1. The molecule has 18 heavy (non-hydrogen) atoms. The van der Waals surface area contributed by atoms with Crippen LogP contribution in [0.5, 0.6) is 0 Å². The number of nitrogens with one attached hydrogen (secondary N) is 1. The highest BCUT2D eigenvalue weighted by molar-refractivity contribution is 5.30. The van der Waals surface area contributed by atoms with Gasteiger partial charge in [-0.05, 0) is 50.1 Å². The Labute approximate surface area is 110 Å². The minimum Gasteiger partial charge on any atom is -0.376 e. The van der Waals surface area contributed by atoms with E-state index >= 15 is 0 Å². The molecule has 1 aromatic rings. The molecule has 0 aliphatic heterocycles. The summed E-state index contributed by atoms with van der Waals surface area (Å²) < 4.78 is 19.2. The molecule has 2 unspecified atom stereocenters. The minimum atomic E-state index is -0.199. The molecule has 102 valence electrons. The van der Waals surface area contributed by atoms with Gasteiger partial charge in [-0.1, -0.05) is 19.9 Å². The fourth-order valence-electron chi connectivity index (χ4n) is 2.31. The third-order valence-electron chi connectivity index (χ3n) is 3.23. The van der Waals surface area contributed by atoms with Gasteiger partial charge < -0.3 is 10.1 Å². The van der Waals surface area contributed by atoms with Gasteiger partial charge in [0.05, 0.1) is 12.1 Å². The maximum atomic E-state index is 13.4. The van der Waals surface area contributed by atoms with Gasteiger partial charge in [-0.3, -0.25) is 0 Å². The fraction of sp³-hybridized carbons (Fsp3) is 0.600. The fourth-order valence-corrected chi connectivity index (χ4v) is 2.31. The number of benzene rings is 1. The van der Waals surface area contributed by atoms with E-state index in [1.165, 1.54) is 6.07 Å². The van der Waals surface area contributed by atoms with Gasteiger partial charge in [0.1, 0.15) is 5.82 Å². The molecule has 0 radical (unpaired) electrons. The van der Waals surface area contributed by atoms with Crippen molar-refractivity contribution in [3.8, 4) is 0 Å². The molecule has 0 aliphatic carbocycles. The average Bonchev–Trinajstić information content (AvgIpc) is 2.33. The topological polar surface area (TPSA) is 21.3 Å². The molecule has 0 fully saturated rings. The van der Waals surface area contributed by atoms with Crippen molar-refractivity contribution in [1.82, 2.24) is 5.32 Å². The first-order valence-corrected chi connectivity index (χ1v) is 6.56. The Kier molecular flexibility index (Phi) is 5.76. The van der Waals surface area contributed by atoms with E-state index in [2.05, 4.69) is 19.2 Å². The van der Waals surface area contributed by atoms with Crippen LogP contribution in [0, 0.1) is 18.7 Å². The Morgan fingerprint density at radius 1 is 1.33 bits per heavy atom. The van der Waals surface area contributed by atoms with Crippen LogP contribution in [-0.2, 0) is 4.74 Å². The Bertz CT molecular complexity index is 379. The van der Waals surface area contributed by atoms with Crippen molar-refractivity contribution < 1.29 is 9.13 Å². The van der Waals surface area contributed by atoms with Crippen molar-refractivity contribution in [2.75, 3.05) is 13.7 Å². The lowest BCUT2D eigenvalue weighted by molar-refractivity contribution is 0.00440. The Hall–Kier alpha value is -0.930. The number of aryl methyl sites for hydroxylation is 1. The van der Waals surface area contributed by atoms with E-state index in [0.717, 1.165) is 11.1 Å². The molecule has 0 amide bonds. The van der Waals surface area contributed by atoms with E-state index in [1.54, 1.807) is 6.07 Å². The summed E-state index contributed by atoms with van der Waals surface area (Å²) in [6.07, 6.45) is 0.0421. The number of rotatable bonds is 6. The zero-order chi connectivity index (χ0) is 13.7. The van der Waals surface area contributed by atoms with E-state index in [-0.39, 0.29) is 18.0 Å². The highest BCUT2D eigenvalue weighted by Gasteiger charge is 2.26. The van der Waals surface area contributed by atoms with E-state index in [0.29, 0.717) is 12.5 Å². The molecular formula is C15H24FNO. The molecule has 1 N–H and O–H groups in total. The molecule has 0 aliphatic rings. The van der Waals surface area contributed by atoms with E-state index in [1.807, 2.05) is 27.0 Å². The first-order chi connectivity index (χ1) is 8.51. The van der Waals surface area contributed by atoms with Gasteiger partial charge in [-0.15, -0.1) is 0 Å². The van der Waals surface area contributed by atoms with Crippen LogP contribution < -0.4 is 5.32 Å². The third-order valence-corrected chi connectivity index (χ3v) is 3.23. The molecule has 0 saturated carbocycles. The predicted molar refractivity (Wildman–Crippen MR) is 73.2 cm³/mol. The summed E-state index contributed by atoms with van der Waals surface area (Å²) in [4.78, 5) is 0. The summed E-state index contributed by atoms with van der Waals surface area (Å²) >= 11 is 0. The summed E-state index contributed by atoms with van der Waals surface area (Å²) in [5.41, 5.74) is 2.06. The van der Waals surface area contributed by atoms with Crippen LogP contribution >= 0.6 is 0 Å². The number of hydrogen-bond donors (Lipinski definition) is 1. The molecule has 0 saturated heterocycles. The summed E-state index contributed by atoms with van der Waals surface area (Å²) in [5.74, 6) is 0.167. The van der Waals surface area contributed by atoms with Crippen molar-refractivity contribution in [3.63, 3.8) is 0 Å². The van der Waals surface area contributed by atoms with Gasteiger partial charge in [0.15, 0.2) is 0 Å². The Morgan fingerprint density at radius 3 is 2.50 bits per heavy atom. The zero-order valence-electron chi connectivity index (χ0n) is 12.0. The molecule has 1 aromatic carbocycles. The molecule has 0 spiro atoms. The van der Waals surface area contributed by atoms with Crippen molar-refractivity contribution in [1.29, 1.82) is 0 Å². The molecule has 0 bridgehead atoms. The number of ether oxygens (including phenoxy) is 1. The average molecular weight is 253 g/mol. The third kappa shape index (κ3) is 3.53. The Morgan fingerprint density at radius 2 is 2.00 bits per heavy atom. The second-order valence-corrected chi connectivity index (χ2v) is 4.93. The van der Waals surface area contributed by atoms with Gasteiger partial charge in [0, 0.05) is 6.61 Å².